The molecule has 5 heteroatoms. The summed E-state index contributed by atoms with van der Waals surface area (Å²) in [6.45, 7) is 0. The lowest BCUT2D eigenvalue weighted by atomic mass is 10.1. The fourth-order valence-corrected chi connectivity index (χ4v) is 2.33. The zero-order chi connectivity index (χ0) is 14.1. The third-order valence-electron chi connectivity index (χ3n) is 2.94. The van der Waals surface area contributed by atoms with Crippen molar-refractivity contribution in [1.29, 1.82) is 0 Å². The van der Waals surface area contributed by atoms with Crippen LogP contribution in [0.1, 0.15) is 0 Å². The van der Waals surface area contributed by atoms with Crippen LogP contribution in [-0.4, -0.2) is 17.1 Å². The van der Waals surface area contributed by atoms with Gasteiger partial charge in [-0.3, -0.25) is 4.98 Å². The Balaban J connectivity index is 2.19. The van der Waals surface area contributed by atoms with E-state index in [2.05, 4.69) is 9.97 Å². The number of fused-ring (bicyclic) bond motifs is 1. The number of rotatable bonds is 2. The van der Waals surface area contributed by atoms with Crippen LogP contribution in [0, 0.1) is 0 Å². The third-order valence-corrected chi connectivity index (χ3v) is 3.41. The number of ether oxygens (including phenoxy) is 1. The number of aromatic nitrogens is 2. The van der Waals surface area contributed by atoms with Gasteiger partial charge in [-0.05, 0) is 36.4 Å². The summed E-state index contributed by atoms with van der Waals surface area (Å²) >= 11 is 12.0. The summed E-state index contributed by atoms with van der Waals surface area (Å²) in [7, 11) is 1.61. The highest BCUT2D eigenvalue weighted by Crippen LogP contribution is 2.31. The van der Waals surface area contributed by atoms with Crippen molar-refractivity contribution in [3.05, 3.63) is 52.6 Å². The number of halogens is 2. The van der Waals surface area contributed by atoms with Crippen LogP contribution in [0.4, 0.5) is 0 Å². The third kappa shape index (κ3) is 2.42. The van der Waals surface area contributed by atoms with Crippen LogP contribution in [0.5, 0.6) is 5.75 Å². The van der Waals surface area contributed by atoms with Crippen molar-refractivity contribution >= 4 is 34.2 Å². The van der Waals surface area contributed by atoms with Gasteiger partial charge < -0.3 is 4.74 Å². The number of benzene rings is 2. The van der Waals surface area contributed by atoms with Gasteiger partial charge in [0.15, 0.2) is 0 Å². The molecule has 100 valence electrons. The molecule has 1 aromatic heterocycles. The Labute approximate surface area is 126 Å². The summed E-state index contributed by atoms with van der Waals surface area (Å²) in [5, 5.41) is 1.26. The van der Waals surface area contributed by atoms with Gasteiger partial charge in [-0.15, -0.1) is 0 Å². The number of methoxy groups -OCH3 is 1. The topological polar surface area (TPSA) is 35.0 Å². The van der Waals surface area contributed by atoms with Crippen molar-refractivity contribution in [3.63, 3.8) is 0 Å². The van der Waals surface area contributed by atoms with Crippen LogP contribution in [0.25, 0.3) is 22.3 Å². The summed E-state index contributed by atoms with van der Waals surface area (Å²) in [4.78, 5) is 8.95. The fraction of sp³-hybridized carbons (Fsp3) is 0.0667. The Kier molecular flexibility index (Phi) is 3.47. The first-order chi connectivity index (χ1) is 9.67. The van der Waals surface area contributed by atoms with E-state index in [4.69, 9.17) is 27.9 Å². The quantitative estimate of drug-likeness (QED) is 0.693. The number of nitrogens with zero attached hydrogens (tertiary/aromatic N) is 2. The fourth-order valence-electron chi connectivity index (χ4n) is 1.99. The lowest BCUT2D eigenvalue weighted by Crippen LogP contribution is -1.92. The standard InChI is InChI=1S/C15H10Cl2N2O/c1-20-15-5-3-9(16)6-11(15)14-8-18-13-7-10(17)2-4-12(13)19-14/h2-8H,1H3. The average molecular weight is 305 g/mol. The first-order valence-electron chi connectivity index (χ1n) is 5.93. The molecule has 3 rings (SSSR count). The molecule has 0 atom stereocenters. The highest BCUT2D eigenvalue weighted by molar-refractivity contribution is 6.31. The highest BCUT2D eigenvalue weighted by Gasteiger charge is 2.09. The maximum absolute atomic E-state index is 6.04. The Morgan fingerprint density at radius 3 is 2.50 bits per heavy atom. The monoisotopic (exact) mass is 304 g/mol. The molecule has 1 heterocycles. The zero-order valence-electron chi connectivity index (χ0n) is 10.6. The Hall–Kier alpha value is -1.84. The molecule has 0 aliphatic heterocycles. The van der Waals surface area contributed by atoms with Gasteiger partial charge >= 0.3 is 0 Å². The summed E-state index contributed by atoms with van der Waals surface area (Å²) in [5.74, 6) is 0.706. The van der Waals surface area contributed by atoms with Crippen LogP contribution in [-0.2, 0) is 0 Å². The maximum Gasteiger partial charge on any atom is 0.128 e. The van der Waals surface area contributed by atoms with E-state index in [1.165, 1.54) is 0 Å². The smallest absolute Gasteiger partial charge is 0.128 e. The molecule has 0 radical (unpaired) electrons. The van der Waals surface area contributed by atoms with Gasteiger partial charge in [0.25, 0.3) is 0 Å². The van der Waals surface area contributed by atoms with E-state index in [1.807, 2.05) is 18.2 Å². The van der Waals surface area contributed by atoms with Gasteiger partial charge in [0, 0.05) is 15.6 Å². The molecule has 0 fully saturated rings. The normalized spacial score (nSPS) is 10.8. The highest BCUT2D eigenvalue weighted by atomic mass is 35.5. The van der Waals surface area contributed by atoms with Gasteiger partial charge in [0.2, 0.25) is 0 Å². The van der Waals surface area contributed by atoms with Crippen molar-refractivity contribution in [3.8, 4) is 17.0 Å². The summed E-state index contributed by atoms with van der Waals surface area (Å²) < 4.78 is 5.34. The average Bonchev–Trinajstić information content (AvgIpc) is 2.46. The first-order valence-corrected chi connectivity index (χ1v) is 6.69. The van der Waals surface area contributed by atoms with Crippen LogP contribution < -0.4 is 4.74 Å². The molecule has 0 unspecified atom stereocenters. The molecule has 3 aromatic rings. The lowest BCUT2D eigenvalue weighted by Gasteiger charge is -2.09. The van der Waals surface area contributed by atoms with Crippen molar-refractivity contribution in [2.45, 2.75) is 0 Å². The van der Waals surface area contributed by atoms with Crippen molar-refractivity contribution < 1.29 is 4.74 Å². The van der Waals surface area contributed by atoms with E-state index in [0.29, 0.717) is 21.5 Å². The zero-order valence-corrected chi connectivity index (χ0v) is 12.1. The van der Waals surface area contributed by atoms with E-state index in [1.54, 1.807) is 31.5 Å². The maximum atomic E-state index is 6.04. The molecule has 0 aliphatic rings. The van der Waals surface area contributed by atoms with Crippen LogP contribution >= 0.6 is 23.2 Å². The second-order valence-corrected chi connectivity index (χ2v) is 5.11. The molecule has 0 aliphatic carbocycles. The van der Waals surface area contributed by atoms with E-state index in [9.17, 15) is 0 Å². The Morgan fingerprint density at radius 1 is 0.950 bits per heavy atom. The Bertz CT molecular complexity index is 790. The number of hydrogen-bond acceptors (Lipinski definition) is 3. The van der Waals surface area contributed by atoms with Crippen molar-refractivity contribution in [1.82, 2.24) is 9.97 Å². The minimum atomic E-state index is 0.624. The molecular formula is C15H10Cl2N2O. The molecule has 0 N–H and O–H groups in total. The largest absolute Gasteiger partial charge is 0.496 e. The van der Waals surface area contributed by atoms with Crippen LogP contribution in [0.3, 0.4) is 0 Å². The van der Waals surface area contributed by atoms with E-state index in [0.717, 1.165) is 16.6 Å². The summed E-state index contributed by atoms with van der Waals surface area (Å²) in [5.41, 5.74) is 3.04. The summed E-state index contributed by atoms with van der Waals surface area (Å²) in [6.07, 6.45) is 1.69. The molecule has 20 heavy (non-hydrogen) atoms. The van der Waals surface area contributed by atoms with Crippen LogP contribution in [0.15, 0.2) is 42.6 Å². The summed E-state index contributed by atoms with van der Waals surface area (Å²) in [6, 6.07) is 10.8. The van der Waals surface area contributed by atoms with Gasteiger partial charge in [0.05, 0.1) is 30.0 Å². The second-order valence-electron chi connectivity index (χ2n) is 4.23. The molecule has 0 amide bonds. The molecule has 0 saturated carbocycles. The van der Waals surface area contributed by atoms with Gasteiger partial charge in [-0.2, -0.15) is 0 Å². The molecule has 0 saturated heterocycles. The van der Waals surface area contributed by atoms with Gasteiger partial charge in [-0.25, -0.2) is 4.98 Å². The predicted octanol–water partition coefficient (Wildman–Crippen LogP) is 4.61. The lowest BCUT2D eigenvalue weighted by molar-refractivity contribution is 0.416. The minimum absolute atomic E-state index is 0.624. The molecule has 2 aromatic carbocycles. The molecule has 0 bridgehead atoms. The number of hydrogen-bond donors (Lipinski definition) is 0. The van der Waals surface area contributed by atoms with Crippen molar-refractivity contribution in [2.24, 2.45) is 0 Å². The minimum Gasteiger partial charge on any atom is -0.496 e. The predicted molar refractivity (Wildman–Crippen MR) is 81.5 cm³/mol. The SMILES string of the molecule is COc1ccc(Cl)cc1-c1cnc2cc(Cl)ccc2n1. The molecule has 3 nitrogen and oxygen atoms in total. The van der Waals surface area contributed by atoms with Crippen LogP contribution in [0.2, 0.25) is 10.0 Å². The second kappa shape index (κ2) is 5.27. The van der Waals surface area contributed by atoms with E-state index >= 15 is 0 Å². The first kappa shape index (κ1) is 13.2. The van der Waals surface area contributed by atoms with E-state index < -0.39 is 0 Å². The van der Waals surface area contributed by atoms with Crippen molar-refractivity contribution in [2.75, 3.05) is 7.11 Å². The van der Waals surface area contributed by atoms with Gasteiger partial charge in [0.1, 0.15) is 5.75 Å². The Morgan fingerprint density at radius 2 is 1.70 bits per heavy atom. The van der Waals surface area contributed by atoms with Gasteiger partial charge in [-0.1, -0.05) is 23.2 Å². The van der Waals surface area contributed by atoms with E-state index in [-0.39, 0.29) is 0 Å². The molecule has 0 spiro atoms. The molecular weight excluding hydrogens is 295 g/mol.